The fraction of sp³-hybridized carbons (Fsp3) is 0.156. The predicted octanol–water partition coefficient (Wildman–Crippen LogP) is 14.8. The zero-order chi connectivity index (χ0) is 50.8. The van der Waals surface area contributed by atoms with Gasteiger partial charge in [0.1, 0.15) is 0 Å². The molecule has 0 aliphatic rings. The zero-order valence-corrected chi connectivity index (χ0v) is 42.0. The second-order valence-corrected chi connectivity index (χ2v) is 18.9. The second kappa shape index (κ2) is 20.4. The predicted molar refractivity (Wildman–Crippen MR) is 295 cm³/mol. The topological polar surface area (TPSA) is 116 Å². The van der Waals surface area contributed by atoms with Crippen molar-refractivity contribution in [2.75, 3.05) is 10.6 Å². The van der Waals surface area contributed by atoms with E-state index in [0.29, 0.717) is 22.5 Å². The highest BCUT2D eigenvalue weighted by Crippen LogP contribution is 2.48. The molecule has 0 spiro atoms. The molecule has 8 heteroatoms. The molecule has 0 fully saturated rings. The standard InChI is InChI=1S/C64H58N4O4/c1-37-33-49(34-38(2)57(37)63(71)65-41(5)45-19-11-9-12-20-45)51-27-15-23-47-25-17-29-53(59(47)51)55-31-32-56(62(68-44(8)70)61(55)67-43(7)69)54-30-18-26-48-24-16-28-52(60(48)54)50-35-39(3)58(40(4)36-50)64(72)66-42(6)46-21-13-10-14-22-46/h9-36,41-42H,1-8H3,(H,65,71)(H,66,72)(H,67,69)(H,68,70). The first kappa shape index (κ1) is 48.4. The summed E-state index contributed by atoms with van der Waals surface area (Å²) in [5.74, 6) is -0.859. The Kier molecular flexibility index (Phi) is 13.7. The van der Waals surface area contributed by atoms with Crippen molar-refractivity contribution < 1.29 is 19.2 Å². The summed E-state index contributed by atoms with van der Waals surface area (Å²) >= 11 is 0. The molecule has 9 aromatic carbocycles. The lowest BCUT2D eigenvalue weighted by molar-refractivity contribution is -0.115. The molecule has 72 heavy (non-hydrogen) atoms. The molecule has 0 saturated carbocycles. The third kappa shape index (κ3) is 9.64. The van der Waals surface area contributed by atoms with E-state index in [0.717, 1.165) is 99.4 Å². The van der Waals surface area contributed by atoms with E-state index in [1.807, 2.05) is 151 Å². The van der Waals surface area contributed by atoms with Crippen molar-refractivity contribution in [3.8, 4) is 44.5 Å². The molecule has 0 aliphatic carbocycles. The zero-order valence-electron chi connectivity index (χ0n) is 42.0. The van der Waals surface area contributed by atoms with Crippen LogP contribution >= 0.6 is 0 Å². The summed E-state index contributed by atoms with van der Waals surface area (Å²) in [5.41, 5.74) is 14.6. The van der Waals surface area contributed by atoms with Gasteiger partial charge in [0.25, 0.3) is 11.8 Å². The van der Waals surface area contributed by atoms with E-state index in [2.05, 4.69) is 81.9 Å². The van der Waals surface area contributed by atoms with Crippen LogP contribution in [0.25, 0.3) is 66.1 Å². The summed E-state index contributed by atoms with van der Waals surface area (Å²) in [6.45, 7) is 14.8. The summed E-state index contributed by atoms with van der Waals surface area (Å²) in [6.07, 6.45) is 0. The Morgan fingerprint density at radius 2 is 0.694 bits per heavy atom. The molecule has 4 N–H and O–H groups in total. The third-order valence-corrected chi connectivity index (χ3v) is 13.6. The third-order valence-electron chi connectivity index (χ3n) is 13.6. The van der Waals surface area contributed by atoms with Crippen LogP contribution in [0.2, 0.25) is 0 Å². The summed E-state index contributed by atoms with van der Waals surface area (Å²) < 4.78 is 0. The van der Waals surface area contributed by atoms with Gasteiger partial charge in [-0.25, -0.2) is 0 Å². The van der Waals surface area contributed by atoms with Gasteiger partial charge in [-0.1, -0.05) is 170 Å². The lowest BCUT2D eigenvalue weighted by Gasteiger charge is -2.23. The molecule has 2 unspecified atom stereocenters. The van der Waals surface area contributed by atoms with E-state index in [1.165, 1.54) is 13.8 Å². The monoisotopic (exact) mass is 946 g/mol. The molecule has 9 rings (SSSR count). The van der Waals surface area contributed by atoms with E-state index < -0.39 is 0 Å². The highest BCUT2D eigenvalue weighted by Gasteiger charge is 2.25. The minimum absolute atomic E-state index is 0.132. The van der Waals surface area contributed by atoms with Crippen LogP contribution in [0.15, 0.2) is 170 Å². The Morgan fingerprint density at radius 3 is 1.01 bits per heavy atom. The van der Waals surface area contributed by atoms with Gasteiger partial charge < -0.3 is 21.3 Å². The Labute approximate surface area is 421 Å². The van der Waals surface area contributed by atoms with Gasteiger partial charge in [-0.2, -0.15) is 0 Å². The molecule has 0 bridgehead atoms. The highest BCUT2D eigenvalue weighted by atomic mass is 16.2. The SMILES string of the molecule is CC(=O)Nc1c(-c2cccc3cccc(-c4cc(C)c(C(=O)NC(C)c5ccccc5)c(C)c4)c23)ccc(-c2cccc3cccc(-c4cc(C)c(C(=O)NC(C)c5ccccc5)c(C)c4)c23)c1NC(C)=O. The molecular weight excluding hydrogens is 889 g/mol. The first-order valence-corrected chi connectivity index (χ1v) is 24.4. The molecule has 9 aromatic rings. The number of hydrogen-bond acceptors (Lipinski definition) is 4. The van der Waals surface area contributed by atoms with Crippen LogP contribution in [-0.2, 0) is 9.59 Å². The normalized spacial score (nSPS) is 12.0. The maximum Gasteiger partial charge on any atom is 0.252 e. The van der Waals surface area contributed by atoms with Crippen LogP contribution in [0.3, 0.4) is 0 Å². The molecular formula is C64H58N4O4. The van der Waals surface area contributed by atoms with Crippen LogP contribution in [0, 0.1) is 27.7 Å². The number of amides is 4. The first-order chi connectivity index (χ1) is 34.7. The fourth-order valence-corrected chi connectivity index (χ4v) is 10.4. The largest absolute Gasteiger partial charge is 0.346 e. The molecule has 4 amide bonds. The summed E-state index contributed by atoms with van der Waals surface area (Å²) in [6, 6.07) is 56.4. The van der Waals surface area contributed by atoms with Crippen molar-refractivity contribution in [1.82, 2.24) is 10.6 Å². The van der Waals surface area contributed by atoms with Gasteiger partial charge in [-0.05, 0) is 130 Å². The minimum Gasteiger partial charge on any atom is -0.346 e. The Bertz CT molecular complexity index is 3310. The number of aryl methyl sites for hydroxylation is 4. The van der Waals surface area contributed by atoms with Crippen molar-refractivity contribution in [2.24, 2.45) is 0 Å². The number of rotatable bonds is 12. The lowest BCUT2D eigenvalue weighted by atomic mass is 9.86. The van der Waals surface area contributed by atoms with Crippen molar-refractivity contribution >= 4 is 56.5 Å². The van der Waals surface area contributed by atoms with Crippen molar-refractivity contribution in [3.05, 3.63) is 214 Å². The molecule has 0 heterocycles. The summed E-state index contributed by atoms with van der Waals surface area (Å²) in [7, 11) is 0. The Hall–Kier alpha value is -8.62. The van der Waals surface area contributed by atoms with E-state index in [9.17, 15) is 19.2 Å². The van der Waals surface area contributed by atoms with Crippen LogP contribution in [0.4, 0.5) is 11.4 Å². The molecule has 2 atom stereocenters. The van der Waals surface area contributed by atoms with Gasteiger partial charge in [-0.3, -0.25) is 19.2 Å². The van der Waals surface area contributed by atoms with E-state index in [1.54, 1.807) is 0 Å². The molecule has 0 radical (unpaired) electrons. The maximum absolute atomic E-state index is 13.8. The summed E-state index contributed by atoms with van der Waals surface area (Å²) in [5, 5.41) is 16.6. The molecule has 8 nitrogen and oxygen atoms in total. The number of hydrogen-bond donors (Lipinski definition) is 4. The smallest absolute Gasteiger partial charge is 0.252 e. The van der Waals surface area contributed by atoms with E-state index >= 15 is 0 Å². The van der Waals surface area contributed by atoms with Crippen LogP contribution in [-0.4, -0.2) is 23.6 Å². The number of fused-ring (bicyclic) bond motifs is 2. The van der Waals surface area contributed by atoms with Gasteiger partial charge in [0.2, 0.25) is 11.8 Å². The van der Waals surface area contributed by atoms with E-state index in [-0.39, 0.29) is 35.7 Å². The van der Waals surface area contributed by atoms with Gasteiger partial charge in [-0.15, -0.1) is 0 Å². The number of anilines is 2. The molecule has 0 aliphatic heterocycles. The molecule has 0 saturated heterocycles. The van der Waals surface area contributed by atoms with Gasteiger partial charge in [0.05, 0.1) is 23.5 Å². The summed E-state index contributed by atoms with van der Waals surface area (Å²) in [4.78, 5) is 54.4. The van der Waals surface area contributed by atoms with E-state index in [4.69, 9.17) is 0 Å². The van der Waals surface area contributed by atoms with Gasteiger partial charge >= 0.3 is 0 Å². The van der Waals surface area contributed by atoms with Gasteiger partial charge in [0, 0.05) is 36.1 Å². The average Bonchev–Trinajstić information content (AvgIpc) is 3.36. The van der Waals surface area contributed by atoms with Crippen LogP contribution in [0.5, 0.6) is 0 Å². The van der Waals surface area contributed by atoms with Crippen LogP contribution < -0.4 is 21.3 Å². The second-order valence-electron chi connectivity index (χ2n) is 18.9. The Morgan fingerprint density at radius 1 is 0.375 bits per heavy atom. The highest BCUT2D eigenvalue weighted by molar-refractivity contribution is 6.17. The maximum atomic E-state index is 13.8. The van der Waals surface area contributed by atoms with Crippen molar-refractivity contribution in [3.63, 3.8) is 0 Å². The first-order valence-electron chi connectivity index (χ1n) is 24.4. The number of benzene rings is 9. The Balaban J connectivity index is 1.17. The molecule has 0 aromatic heterocycles. The fourth-order valence-electron chi connectivity index (χ4n) is 10.4. The van der Waals surface area contributed by atoms with Gasteiger partial charge in [0.15, 0.2) is 0 Å². The quantitative estimate of drug-likeness (QED) is 0.0976. The lowest BCUT2D eigenvalue weighted by Crippen LogP contribution is -2.28. The average molecular weight is 947 g/mol. The number of carbonyl (C=O) groups is 4. The minimum atomic E-state index is -0.297. The van der Waals surface area contributed by atoms with Crippen molar-refractivity contribution in [2.45, 2.75) is 67.5 Å². The van der Waals surface area contributed by atoms with Crippen molar-refractivity contribution in [1.29, 1.82) is 0 Å². The number of nitrogens with one attached hydrogen (secondary N) is 4. The van der Waals surface area contributed by atoms with Crippen LogP contribution in [0.1, 0.15) is 93.9 Å². The number of carbonyl (C=O) groups excluding carboxylic acids is 4. The molecule has 358 valence electrons.